The van der Waals surface area contributed by atoms with Crippen LogP contribution in [0.5, 0.6) is 5.75 Å². The van der Waals surface area contributed by atoms with Crippen LogP contribution in [0.1, 0.15) is 6.42 Å². The molecule has 21 heavy (non-hydrogen) atoms. The fraction of sp³-hybridized carbons (Fsp3) is 0.308. The first-order chi connectivity index (χ1) is 10.1. The van der Waals surface area contributed by atoms with Gasteiger partial charge in [0.1, 0.15) is 16.1 Å². The summed E-state index contributed by atoms with van der Waals surface area (Å²) in [5, 5.41) is 0. The Kier molecular flexibility index (Phi) is 4.30. The SMILES string of the molecule is O=S(=O)(c1ccc(Br)s1)N1CCC(Oc2cccnc2)C1. The summed E-state index contributed by atoms with van der Waals surface area (Å²) in [6.45, 7) is 0.843. The van der Waals surface area contributed by atoms with Crippen LogP contribution in [-0.4, -0.2) is 36.9 Å². The van der Waals surface area contributed by atoms with E-state index in [-0.39, 0.29) is 6.10 Å². The number of pyridine rings is 1. The van der Waals surface area contributed by atoms with Crippen molar-refractivity contribution in [1.82, 2.24) is 9.29 Å². The van der Waals surface area contributed by atoms with Crippen molar-refractivity contribution < 1.29 is 13.2 Å². The molecule has 1 atom stereocenters. The van der Waals surface area contributed by atoms with Crippen LogP contribution in [0.4, 0.5) is 0 Å². The lowest BCUT2D eigenvalue weighted by molar-refractivity contribution is 0.215. The van der Waals surface area contributed by atoms with E-state index in [4.69, 9.17) is 4.74 Å². The third kappa shape index (κ3) is 3.28. The maximum Gasteiger partial charge on any atom is 0.252 e. The summed E-state index contributed by atoms with van der Waals surface area (Å²) in [4.78, 5) is 3.98. The van der Waals surface area contributed by atoms with E-state index in [1.165, 1.54) is 15.6 Å². The van der Waals surface area contributed by atoms with Crippen LogP contribution >= 0.6 is 27.3 Å². The fourth-order valence-corrected chi connectivity index (χ4v) is 5.84. The number of aromatic nitrogens is 1. The highest BCUT2D eigenvalue weighted by Crippen LogP contribution is 2.30. The van der Waals surface area contributed by atoms with Gasteiger partial charge in [0.2, 0.25) is 0 Å². The third-order valence-corrected chi connectivity index (χ3v) is 7.14. The zero-order valence-corrected chi connectivity index (χ0v) is 14.2. The monoisotopic (exact) mass is 388 g/mol. The molecule has 0 saturated carbocycles. The number of hydrogen-bond acceptors (Lipinski definition) is 5. The Balaban J connectivity index is 1.69. The zero-order valence-electron chi connectivity index (χ0n) is 11.0. The van der Waals surface area contributed by atoms with Gasteiger partial charge in [0.25, 0.3) is 10.0 Å². The maximum absolute atomic E-state index is 12.5. The lowest BCUT2D eigenvalue weighted by Gasteiger charge is -2.16. The maximum atomic E-state index is 12.5. The minimum Gasteiger partial charge on any atom is -0.487 e. The van der Waals surface area contributed by atoms with Crippen molar-refractivity contribution >= 4 is 37.3 Å². The summed E-state index contributed by atoms with van der Waals surface area (Å²) < 4.78 is 33.4. The Labute approximate surface area is 135 Å². The van der Waals surface area contributed by atoms with Crippen LogP contribution in [0.25, 0.3) is 0 Å². The molecule has 0 spiro atoms. The molecule has 0 aliphatic carbocycles. The molecular weight excluding hydrogens is 376 g/mol. The van der Waals surface area contributed by atoms with Crippen molar-refractivity contribution in [3.05, 3.63) is 40.4 Å². The molecule has 3 heterocycles. The average molecular weight is 389 g/mol. The Morgan fingerprint density at radius 2 is 2.24 bits per heavy atom. The van der Waals surface area contributed by atoms with E-state index in [0.29, 0.717) is 29.5 Å². The molecule has 3 rings (SSSR count). The number of halogens is 1. The number of hydrogen-bond donors (Lipinski definition) is 0. The van der Waals surface area contributed by atoms with Crippen LogP contribution in [-0.2, 0) is 10.0 Å². The zero-order chi connectivity index (χ0) is 14.9. The first-order valence-corrected chi connectivity index (χ1v) is 9.43. The van der Waals surface area contributed by atoms with E-state index in [0.717, 1.165) is 3.79 Å². The van der Waals surface area contributed by atoms with Gasteiger partial charge in [0.15, 0.2) is 0 Å². The van der Waals surface area contributed by atoms with Crippen LogP contribution in [0.2, 0.25) is 0 Å². The van der Waals surface area contributed by atoms with Crippen molar-refractivity contribution in [2.24, 2.45) is 0 Å². The topological polar surface area (TPSA) is 59.5 Å². The largest absolute Gasteiger partial charge is 0.487 e. The summed E-state index contributed by atoms with van der Waals surface area (Å²) in [5.41, 5.74) is 0. The van der Waals surface area contributed by atoms with Gasteiger partial charge in [-0.05, 0) is 46.6 Å². The molecule has 1 aliphatic heterocycles. The molecule has 0 bridgehead atoms. The van der Waals surface area contributed by atoms with Gasteiger partial charge in [-0.1, -0.05) is 0 Å². The van der Waals surface area contributed by atoms with Crippen molar-refractivity contribution in [3.63, 3.8) is 0 Å². The summed E-state index contributed by atoms with van der Waals surface area (Å²) in [6.07, 6.45) is 3.86. The Morgan fingerprint density at radius 3 is 2.90 bits per heavy atom. The summed E-state index contributed by atoms with van der Waals surface area (Å²) in [5.74, 6) is 0.667. The van der Waals surface area contributed by atoms with E-state index in [1.54, 1.807) is 30.6 Å². The van der Waals surface area contributed by atoms with E-state index in [2.05, 4.69) is 20.9 Å². The van der Waals surface area contributed by atoms with Crippen molar-refractivity contribution in [2.45, 2.75) is 16.7 Å². The van der Waals surface area contributed by atoms with Gasteiger partial charge in [0.05, 0.1) is 16.5 Å². The van der Waals surface area contributed by atoms with E-state index < -0.39 is 10.0 Å². The van der Waals surface area contributed by atoms with Crippen molar-refractivity contribution in [1.29, 1.82) is 0 Å². The number of nitrogens with zero attached hydrogens (tertiary/aromatic N) is 2. The highest BCUT2D eigenvalue weighted by atomic mass is 79.9. The molecule has 1 unspecified atom stereocenters. The normalized spacial score (nSPS) is 19.8. The lowest BCUT2D eigenvalue weighted by atomic mass is 10.3. The van der Waals surface area contributed by atoms with Gasteiger partial charge < -0.3 is 4.74 Å². The summed E-state index contributed by atoms with van der Waals surface area (Å²) >= 11 is 4.52. The Morgan fingerprint density at radius 1 is 1.38 bits per heavy atom. The molecule has 0 amide bonds. The van der Waals surface area contributed by atoms with Crippen molar-refractivity contribution in [3.8, 4) is 5.75 Å². The molecule has 1 fully saturated rings. The molecule has 5 nitrogen and oxygen atoms in total. The summed E-state index contributed by atoms with van der Waals surface area (Å²) in [6, 6.07) is 6.99. The van der Waals surface area contributed by atoms with Gasteiger partial charge in [-0.2, -0.15) is 4.31 Å². The second-order valence-corrected chi connectivity index (χ2v) is 9.27. The van der Waals surface area contributed by atoms with E-state index >= 15 is 0 Å². The average Bonchev–Trinajstić information content (AvgIpc) is 3.10. The molecule has 1 aliphatic rings. The molecule has 0 aromatic carbocycles. The Hall–Kier alpha value is -0.960. The van der Waals surface area contributed by atoms with Crippen LogP contribution in [0.15, 0.2) is 44.7 Å². The molecule has 0 N–H and O–H groups in total. The minimum atomic E-state index is -3.42. The van der Waals surface area contributed by atoms with Gasteiger partial charge in [-0.15, -0.1) is 11.3 Å². The summed E-state index contributed by atoms with van der Waals surface area (Å²) in [7, 11) is -3.42. The second-order valence-electron chi connectivity index (χ2n) is 4.64. The van der Waals surface area contributed by atoms with Gasteiger partial charge in [-0.3, -0.25) is 4.98 Å². The van der Waals surface area contributed by atoms with Gasteiger partial charge >= 0.3 is 0 Å². The number of sulfonamides is 1. The lowest BCUT2D eigenvalue weighted by Crippen LogP contribution is -2.30. The predicted octanol–water partition coefficient (Wildman–Crippen LogP) is 2.75. The van der Waals surface area contributed by atoms with E-state index in [9.17, 15) is 8.42 Å². The highest BCUT2D eigenvalue weighted by Gasteiger charge is 2.34. The van der Waals surface area contributed by atoms with E-state index in [1.807, 2.05) is 6.07 Å². The smallest absolute Gasteiger partial charge is 0.252 e. The standard InChI is InChI=1S/C13H13BrN2O3S2/c14-12-3-4-13(20-12)21(17,18)16-7-5-11(9-16)19-10-2-1-6-15-8-10/h1-4,6,8,11H,5,7,9H2. The van der Waals surface area contributed by atoms with Crippen molar-refractivity contribution in [2.75, 3.05) is 13.1 Å². The molecule has 112 valence electrons. The first-order valence-electron chi connectivity index (χ1n) is 6.38. The molecular formula is C13H13BrN2O3S2. The number of rotatable bonds is 4. The first kappa shape index (κ1) is 15.0. The number of ether oxygens (including phenoxy) is 1. The quantitative estimate of drug-likeness (QED) is 0.807. The predicted molar refractivity (Wildman–Crippen MR) is 84.0 cm³/mol. The van der Waals surface area contributed by atoms with Gasteiger partial charge in [-0.25, -0.2) is 8.42 Å². The molecule has 0 radical (unpaired) electrons. The highest BCUT2D eigenvalue weighted by molar-refractivity contribution is 9.11. The minimum absolute atomic E-state index is 0.132. The third-order valence-electron chi connectivity index (χ3n) is 3.19. The fourth-order valence-electron chi connectivity index (χ4n) is 2.19. The van der Waals surface area contributed by atoms with Crippen LogP contribution in [0, 0.1) is 0 Å². The molecule has 2 aromatic rings. The van der Waals surface area contributed by atoms with Gasteiger partial charge in [0, 0.05) is 12.7 Å². The van der Waals surface area contributed by atoms with Crippen LogP contribution in [0.3, 0.4) is 0 Å². The molecule has 1 saturated heterocycles. The number of thiophene rings is 1. The molecule has 8 heteroatoms. The van der Waals surface area contributed by atoms with Crippen LogP contribution < -0.4 is 4.74 Å². The molecule has 2 aromatic heterocycles. The Bertz CT molecular complexity index is 718. The second kappa shape index (κ2) is 6.04.